The number of halogens is 1. The molecule has 0 aliphatic carbocycles. The van der Waals surface area contributed by atoms with Crippen LogP contribution in [-0.4, -0.2) is 81.2 Å². The summed E-state index contributed by atoms with van der Waals surface area (Å²) < 4.78 is 16.6. The molecule has 0 aromatic rings. The first kappa shape index (κ1) is 27.2. The summed E-state index contributed by atoms with van der Waals surface area (Å²) in [6.45, 7) is 14.0. The Kier molecular flexibility index (Phi) is 13.0. The average molecular weight is 540 g/mol. The molecule has 0 bridgehead atoms. The molecule has 2 N–H and O–H groups in total. The van der Waals surface area contributed by atoms with Gasteiger partial charge < -0.3 is 29.7 Å². The van der Waals surface area contributed by atoms with Crippen LogP contribution in [0.5, 0.6) is 0 Å². The third kappa shape index (κ3) is 11.0. The minimum absolute atomic E-state index is 0. The molecular formula is C21H41IN4O4. The van der Waals surface area contributed by atoms with Crippen LogP contribution in [0.15, 0.2) is 4.99 Å². The largest absolute Gasteiger partial charge is 0.444 e. The second kappa shape index (κ2) is 14.3. The number of rotatable bonds is 8. The molecule has 0 spiro atoms. The van der Waals surface area contributed by atoms with E-state index in [0.717, 1.165) is 84.2 Å². The summed E-state index contributed by atoms with van der Waals surface area (Å²) in [6.07, 6.45) is 3.92. The highest BCUT2D eigenvalue weighted by atomic mass is 127. The van der Waals surface area contributed by atoms with E-state index in [0.29, 0.717) is 5.92 Å². The normalized spacial score (nSPS) is 20.6. The van der Waals surface area contributed by atoms with Crippen LogP contribution in [0.2, 0.25) is 0 Å². The highest BCUT2D eigenvalue weighted by Crippen LogP contribution is 2.20. The number of carbonyl (C=O) groups excluding carboxylic acids is 1. The molecule has 1 atom stereocenters. The summed E-state index contributed by atoms with van der Waals surface area (Å²) in [5.41, 5.74) is -0.444. The van der Waals surface area contributed by atoms with Gasteiger partial charge in [0.25, 0.3) is 0 Å². The van der Waals surface area contributed by atoms with Gasteiger partial charge in [-0.25, -0.2) is 4.79 Å². The van der Waals surface area contributed by atoms with Crippen molar-refractivity contribution in [2.24, 2.45) is 10.9 Å². The Morgan fingerprint density at radius 3 is 2.53 bits per heavy atom. The lowest BCUT2D eigenvalue weighted by atomic mass is 9.97. The van der Waals surface area contributed by atoms with Crippen LogP contribution in [0.25, 0.3) is 0 Å². The van der Waals surface area contributed by atoms with E-state index >= 15 is 0 Å². The minimum atomic E-state index is -0.444. The fourth-order valence-corrected chi connectivity index (χ4v) is 3.36. The maximum atomic E-state index is 12.2. The van der Waals surface area contributed by atoms with Gasteiger partial charge in [-0.15, -0.1) is 24.0 Å². The summed E-state index contributed by atoms with van der Waals surface area (Å²) in [6, 6.07) is 0. The molecule has 2 rings (SSSR count). The number of hydrogen-bond donors (Lipinski definition) is 2. The molecule has 30 heavy (non-hydrogen) atoms. The first-order valence-electron chi connectivity index (χ1n) is 11.1. The number of carbonyl (C=O) groups is 1. The molecule has 1 unspecified atom stereocenters. The molecule has 0 aromatic carbocycles. The Morgan fingerprint density at radius 1 is 1.20 bits per heavy atom. The van der Waals surface area contributed by atoms with E-state index < -0.39 is 5.60 Å². The number of piperidine rings is 1. The Morgan fingerprint density at radius 2 is 1.93 bits per heavy atom. The lowest BCUT2D eigenvalue weighted by Gasteiger charge is -2.33. The Balaban J connectivity index is 0.00000450. The second-order valence-corrected chi connectivity index (χ2v) is 8.77. The van der Waals surface area contributed by atoms with Crippen molar-refractivity contribution >= 4 is 36.0 Å². The van der Waals surface area contributed by atoms with Crippen molar-refractivity contribution in [3.63, 3.8) is 0 Å². The van der Waals surface area contributed by atoms with Crippen molar-refractivity contribution in [1.29, 1.82) is 0 Å². The fraction of sp³-hybridized carbons (Fsp3) is 0.905. The third-order valence-corrected chi connectivity index (χ3v) is 4.97. The topological polar surface area (TPSA) is 84.4 Å². The van der Waals surface area contributed by atoms with Crippen LogP contribution in [0, 0.1) is 5.92 Å². The lowest BCUT2D eigenvalue weighted by Crippen LogP contribution is -2.42. The molecule has 0 aromatic heterocycles. The predicted octanol–water partition coefficient (Wildman–Crippen LogP) is 3.00. The van der Waals surface area contributed by atoms with Crippen LogP contribution in [-0.2, 0) is 14.2 Å². The first-order chi connectivity index (χ1) is 13.9. The first-order valence-corrected chi connectivity index (χ1v) is 11.1. The van der Waals surface area contributed by atoms with E-state index in [1.165, 1.54) is 0 Å². The molecule has 0 radical (unpaired) electrons. The zero-order valence-electron chi connectivity index (χ0n) is 19.1. The predicted molar refractivity (Wildman–Crippen MR) is 130 cm³/mol. The number of hydrogen-bond acceptors (Lipinski definition) is 5. The van der Waals surface area contributed by atoms with Gasteiger partial charge in [0, 0.05) is 45.9 Å². The molecular weight excluding hydrogens is 499 g/mol. The van der Waals surface area contributed by atoms with Crippen molar-refractivity contribution in [2.75, 3.05) is 52.5 Å². The van der Waals surface area contributed by atoms with Gasteiger partial charge in [0.15, 0.2) is 5.96 Å². The van der Waals surface area contributed by atoms with Gasteiger partial charge in [-0.3, -0.25) is 4.99 Å². The van der Waals surface area contributed by atoms with Crippen LogP contribution >= 0.6 is 24.0 Å². The van der Waals surface area contributed by atoms with Crippen LogP contribution in [0.3, 0.4) is 0 Å². The maximum Gasteiger partial charge on any atom is 0.410 e. The molecule has 2 saturated heterocycles. The van der Waals surface area contributed by atoms with E-state index in [-0.39, 0.29) is 36.2 Å². The summed E-state index contributed by atoms with van der Waals surface area (Å²) in [5, 5.41) is 6.68. The van der Waals surface area contributed by atoms with Crippen LogP contribution in [0.4, 0.5) is 4.79 Å². The minimum Gasteiger partial charge on any atom is -0.444 e. The molecule has 0 saturated carbocycles. The zero-order valence-corrected chi connectivity index (χ0v) is 21.4. The Bertz CT molecular complexity index is 514. The van der Waals surface area contributed by atoms with E-state index in [2.05, 4.69) is 17.6 Å². The summed E-state index contributed by atoms with van der Waals surface area (Å²) in [7, 11) is 0. The maximum absolute atomic E-state index is 12.2. The molecule has 8 nitrogen and oxygen atoms in total. The third-order valence-electron chi connectivity index (χ3n) is 4.97. The number of aliphatic imine (C=N–C) groups is 1. The van der Waals surface area contributed by atoms with Crippen molar-refractivity contribution in [2.45, 2.75) is 65.1 Å². The SMILES string of the molecule is CCNC(=NCC1CCN(C(=O)OC(C)(C)C)CC1)NCCCOC1CCOC1.I. The number of amides is 1. The van der Waals surface area contributed by atoms with Gasteiger partial charge in [-0.05, 0) is 59.3 Å². The van der Waals surface area contributed by atoms with Gasteiger partial charge in [0.1, 0.15) is 5.60 Å². The van der Waals surface area contributed by atoms with Crippen molar-refractivity contribution < 1.29 is 19.0 Å². The molecule has 176 valence electrons. The van der Waals surface area contributed by atoms with Crippen molar-refractivity contribution in [1.82, 2.24) is 15.5 Å². The summed E-state index contributed by atoms with van der Waals surface area (Å²) in [4.78, 5) is 18.7. The number of nitrogens with zero attached hydrogens (tertiary/aromatic N) is 2. The number of likely N-dealkylation sites (tertiary alicyclic amines) is 1. The van der Waals surface area contributed by atoms with Gasteiger partial charge >= 0.3 is 6.09 Å². The van der Waals surface area contributed by atoms with E-state index in [1.54, 1.807) is 0 Å². The quantitative estimate of drug-likeness (QED) is 0.213. The van der Waals surface area contributed by atoms with E-state index in [4.69, 9.17) is 19.2 Å². The number of ether oxygens (including phenoxy) is 3. The van der Waals surface area contributed by atoms with Crippen molar-refractivity contribution in [3.05, 3.63) is 0 Å². The van der Waals surface area contributed by atoms with Crippen LogP contribution in [0.1, 0.15) is 53.4 Å². The summed E-state index contributed by atoms with van der Waals surface area (Å²) in [5.74, 6) is 1.35. The van der Waals surface area contributed by atoms with Gasteiger partial charge in [-0.2, -0.15) is 0 Å². The Labute approximate surface area is 198 Å². The van der Waals surface area contributed by atoms with E-state index in [9.17, 15) is 4.79 Å². The molecule has 2 heterocycles. The zero-order chi connectivity index (χ0) is 21.1. The van der Waals surface area contributed by atoms with Crippen molar-refractivity contribution in [3.8, 4) is 0 Å². The van der Waals surface area contributed by atoms with Crippen LogP contribution < -0.4 is 10.6 Å². The number of guanidine groups is 1. The lowest BCUT2D eigenvalue weighted by molar-refractivity contribution is 0.0187. The smallest absolute Gasteiger partial charge is 0.410 e. The van der Waals surface area contributed by atoms with Gasteiger partial charge in [0.05, 0.1) is 12.7 Å². The number of nitrogens with one attached hydrogen (secondary N) is 2. The second-order valence-electron chi connectivity index (χ2n) is 8.77. The molecule has 2 fully saturated rings. The summed E-state index contributed by atoms with van der Waals surface area (Å²) >= 11 is 0. The fourth-order valence-electron chi connectivity index (χ4n) is 3.36. The standard InChI is InChI=1S/C21H40N4O4.HI/c1-5-22-19(23-10-6-13-28-18-9-14-27-16-18)24-15-17-7-11-25(12-8-17)20(26)29-21(2,3)4;/h17-18H,5-16H2,1-4H3,(H2,22,23,24);1H. The molecule has 1 amide bonds. The molecule has 2 aliphatic heterocycles. The average Bonchev–Trinajstić information content (AvgIpc) is 3.18. The van der Waals surface area contributed by atoms with Gasteiger partial charge in [0.2, 0.25) is 0 Å². The highest BCUT2D eigenvalue weighted by Gasteiger charge is 2.26. The van der Waals surface area contributed by atoms with Gasteiger partial charge in [-0.1, -0.05) is 0 Å². The highest BCUT2D eigenvalue weighted by molar-refractivity contribution is 14.0. The monoisotopic (exact) mass is 540 g/mol. The molecule has 9 heteroatoms. The van der Waals surface area contributed by atoms with E-state index in [1.807, 2.05) is 25.7 Å². The Hall–Kier alpha value is -0.810. The molecule has 2 aliphatic rings.